The van der Waals surface area contributed by atoms with Crippen LogP contribution < -0.4 is 11.1 Å². The minimum atomic E-state index is -0.437. The number of carbonyl (C=O) groups is 1. The van der Waals surface area contributed by atoms with Gasteiger partial charge in [0.15, 0.2) is 0 Å². The second kappa shape index (κ2) is 7.26. The molecule has 0 spiro atoms. The molecule has 0 heterocycles. The quantitative estimate of drug-likeness (QED) is 0.777. The summed E-state index contributed by atoms with van der Waals surface area (Å²) >= 11 is 0. The Kier molecular flexibility index (Phi) is 5.38. The molecular weight excluding hydrogens is 256 g/mol. The van der Waals surface area contributed by atoms with Gasteiger partial charge in [-0.2, -0.15) is 0 Å². The van der Waals surface area contributed by atoms with Crippen LogP contribution in [0.1, 0.15) is 24.8 Å². The number of carbonyl (C=O) groups excluding carboxylic acids is 1. The van der Waals surface area contributed by atoms with E-state index in [-0.39, 0.29) is 31.2 Å². The Hall–Kier alpha value is -1.59. The number of benzene rings is 1. The molecule has 0 aliphatic heterocycles. The van der Waals surface area contributed by atoms with Gasteiger partial charge in [-0.1, -0.05) is 30.3 Å². The van der Waals surface area contributed by atoms with E-state index in [0.717, 1.165) is 24.8 Å². The van der Waals surface area contributed by atoms with Gasteiger partial charge < -0.3 is 20.9 Å². The molecule has 1 fully saturated rings. The van der Waals surface area contributed by atoms with E-state index in [1.165, 1.54) is 0 Å². The first-order valence-electron chi connectivity index (χ1n) is 7.02. The summed E-state index contributed by atoms with van der Waals surface area (Å²) < 4.78 is 5.19. The minimum absolute atomic E-state index is 0.0167. The maximum atomic E-state index is 11.8. The number of hydrogen-bond donors (Lipinski definition) is 3. The molecule has 0 bridgehead atoms. The fourth-order valence-electron chi connectivity index (χ4n) is 2.61. The van der Waals surface area contributed by atoms with Crippen LogP contribution in [-0.4, -0.2) is 29.9 Å². The molecule has 1 amide bonds. The zero-order valence-corrected chi connectivity index (χ0v) is 11.5. The Morgan fingerprint density at radius 1 is 1.35 bits per heavy atom. The Morgan fingerprint density at radius 2 is 2.10 bits per heavy atom. The van der Waals surface area contributed by atoms with Crippen LogP contribution in [0.15, 0.2) is 30.3 Å². The molecule has 1 aromatic carbocycles. The highest BCUT2D eigenvalue weighted by atomic mass is 16.5. The number of nitrogens with one attached hydrogen (secondary N) is 1. The van der Waals surface area contributed by atoms with Crippen molar-refractivity contribution < 1.29 is 14.6 Å². The fourth-order valence-corrected chi connectivity index (χ4v) is 2.61. The van der Waals surface area contributed by atoms with E-state index in [0.29, 0.717) is 0 Å². The lowest BCUT2D eigenvalue weighted by molar-refractivity contribution is 0.110. The molecule has 0 aromatic heterocycles. The molecular formula is C15H22N2O3. The van der Waals surface area contributed by atoms with E-state index in [1.54, 1.807) is 0 Å². The lowest BCUT2D eigenvalue weighted by Crippen LogP contribution is -2.47. The van der Waals surface area contributed by atoms with Gasteiger partial charge in [0.2, 0.25) is 0 Å². The summed E-state index contributed by atoms with van der Waals surface area (Å²) in [6.45, 7) is 0.292. The topological polar surface area (TPSA) is 84.6 Å². The number of ether oxygens (including phenoxy) is 1. The Bertz CT molecular complexity index is 424. The molecule has 110 valence electrons. The molecule has 2 rings (SSSR count). The summed E-state index contributed by atoms with van der Waals surface area (Å²) in [4.78, 5) is 11.8. The average Bonchev–Trinajstić information content (AvgIpc) is 2.48. The predicted octanol–water partition coefficient (Wildman–Crippen LogP) is 1.40. The van der Waals surface area contributed by atoms with Gasteiger partial charge in [-0.3, -0.25) is 0 Å². The summed E-state index contributed by atoms with van der Waals surface area (Å²) in [5.41, 5.74) is 6.82. The van der Waals surface area contributed by atoms with Crippen LogP contribution in [0.3, 0.4) is 0 Å². The van der Waals surface area contributed by atoms with E-state index in [4.69, 9.17) is 10.5 Å². The normalized spacial score (nSPS) is 26.0. The smallest absolute Gasteiger partial charge is 0.407 e. The summed E-state index contributed by atoms with van der Waals surface area (Å²) in [5, 5.41) is 12.2. The molecule has 0 saturated heterocycles. The van der Waals surface area contributed by atoms with Crippen LogP contribution in [0, 0.1) is 5.92 Å². The van der Waals surface area contributed by atoms with Crippen LogP contribution in [0.2, 0.25) is 0 Å². The maximum absolute atomic E-state index is 11.8. The third-order valence-electron chi connectivity index (χ3n) is 3.77. The minimum Gasteiger partial charge on any atom is -0.445 e. The molecule has 1 saturated carbocycles. The highest BCUT2D eigenvalue weighted by molar-refractivity contribution is 5.67. The number of alkyl carbamates (subject to hydrolysis) is 1. The van der Waals surface area contributed by atoms with Crippen LogP contribution in [-0.2, 0) is 11.3 Å². The lowest BCUT2D eigenvalue weighted by atomic mass is 9.82. The standard InChI is InChI=1S/C15H22N2O3/c16-13-6-7-14(12(8-13)9-18)17-15(19)20-10-11-4-2-1-3-5-11/h1-5,12-14,18H,6-10,16H2,(H,17,19). The average molecular weight is 278 g/mol. The number of amides is 1. The van der Waals surface area contributed by atoms with Crippen molar-refractivity contribution in [3.63, 3.8) is 0 Å². The van der Waals surface area contributed by atoms with Gasteiger partial charge in [-0.15, -0.1) is 0 Å². The molecule has 1 aliphatic carbocycles. The molecule has 5 nitrogen and oxygen atoms in total. The zero-order valence-electron chi connectivity index (χ0n) is 11.5. The molecule has 3 unspecified atom stereocenters. The fraction of sp³-hybridized carbons (Fsp3) is 0.533. The van der Waals surface area contributed by atoms with Gasteiger partial charge in [-0.05, 0) is 24.8 Å². The van der Waals surface area contributed by atoms with Crippen molar-refractivity contribution in [1.29, 1.82) is 0 Å². The number of nitrogens with two attached hydrogens (primary N) is 1. The Labute approximate surface area is 119 Å². The third kappa shape index (κ3) is 4.21. The van der Waals surface area contributed by atoms with Crippen LogP contribution >= 0.6 is 0 Å². The summed E-state index contributed by atoms with van der Waals surface area (Å²) in [6.07, 6.45) is 1.94. The number of rotatable bonds is 4. The maximum Gasteiger partial charge on any atom is 0.407 e. The largest absolute Gasteiger partial charge is 0.445 e. The first kappa shape index (κ1) is 14.8. The van der Waals surface area contributed by atoms with Crippen molar-refractivity contribution in [3.8, 4) is 0 Å². The Morgan fingerprint density at radius 3 is 2.80 bits per heavy atom. The van der Waals surface area contributed by atoms with Crippen molar-refractivity contribution in [3.05, 3.63) is 35.9 Å². The summed E-state index contributed by atoms with van der Waals surface area (Å²) in [5.74, 6) is 0.0167. The number of hydrogen-bond acceptors (Lipinski definition) is 4. The molecule has 20 heavy (non-hydrogen) atoms. The lowest BCUT2D eigenvalue weighted by Gasteiger charge is -2.33. The van der Waals surface area contributed by atoms with Gasteiger partial charge in [0.25, 0.3) is 0 Å². The van der Waals surface area contributed by atoms with Crippen molar-refractivity contribution >= 4 is 6.09 Å². The van der Waals surface area contributed by atoms with E-state index in [1.807, 2.05) is 30.3 Å². The molecule has 4 N–H and O–H groups in total. The second-order valence-corrected chi connectivity index (χ2v) is 5.33. The van der Waals surface area contributed by atoms with Gasteiger partial charge in [0.1, 0.15) is 6.61 Å². The van der Waals surface area contributed by atoms with E-state index < -0.39 is 6.09 Å². The molecule has 0 radical (unpaired) electrons. The van der Waals surface area contributed by atoms with Crippen molar-refractivity contribution in [2.75, 3.05) is 6.61 Å². The first-order chi connectivity index (χ1) is 9.69. The predicted molar refractivity (Wildman–Crippen MR) is 76.0 cm³/mol. The molecule has 5 heteroatoms. The second-order valence-electron chi connectivity index (χ2n) is 5.33. The van der Waals surface area contributed by atoms with Gasteiger partial charge in [-0.25, -0.2) is 4.79 Å². The van der Waals surface area contributed by atoms with Crippen molar-refractivity contribution in [2.24, 2.45) is 11.7 Å². The molecule has 3 atom stereocenters. The third-order valence-corrected chi connectivity index (χ3v) is 3.77. The van der Waals surface area contributed by atoms with E-state index in [9.17, 15) is 9.90 Å². The van der Waals surface area contributed by atoms with Gasteiger partial charge in [0.05, 0.1) is 0 Å². The molecule has 1 aliphatic rings. The highest BCUT2D eigenvalue weighted by Crippen LogP contribution is 2.23. The highest BCUT2D eigenvalue weighted by Gasteiger charge is 2.29. The van der Waals surface area contributed by atoms with Crippen LogP contribution in [0.5, 0.6) is 0 Å². The van der Waals surface area contributed by atoms with E-state index in [2.05, 4.69) is 5.32 Å². The number of aliphatic hydroxyl groups is 1. The van der Waals surface area contributed by atoms with Crippen molar-refractivity contribution in [2.45, 2.75) is 38.0 Å². The monoisotopic (exact) mass is 278 g/mol. The van der Waals surface area contributed by atoms with Crippen molar-refractivity contribution in [1.82, 2.24) is 5.32 Å². The van der Waals surface area contributed by atoms with Crippen LogP contribution in [0.25, 0.3) is 0 Å². The van der Waals surface area contributed by atoms with Gasteiger partial charge in [0, 0.05) is 24.6 Å². The number of aliphatic hydroxyl groups excluding tert-OH is 1. The summed E-state index contributed by atoms with van der Waals surface area (Å²) in [6, 6.07) is 9.60. The zero-order chi connectivity index (χ0) is 14.4. The Balaban J connectivity index is 1.79. The van der Waals surface area contributed by atoms with Crippen LogP contribution in [0.4, 0.5) is 4.79 Å². The summed E-state index contributed by atoms with van der Waals surface area (Å²) in [7, 11) is 0. The SMILES string of the molecule is NC1CCC(NC(=O)OCc2ccccc2)C(CO)C1. The van der Waals surface area contributed by atoms with Gasteiger partial charge >= 0.3 is 6.09 Å². The van der Waals surface area contributed by atoms with E-state index >= 15 is 0 Å². The first-order valence-corrected chi connectivity index (χ1v) is 7.02. The molecule has 1 aromatic rings.